The summed E-state index contributed by atoms with van der Waals surface area (Å²) in [7, 11) is -1.54. The molecule has 5 nitrogen and oxygen atoms in total. The molecule has 3 aromatic rings. The predicted molar refractivity (Wildman–Crippen MR) is 105 cm³/mol. The minimum atomic E-state index is -3.16. The molecule has 0 saturated heterocycles. The monoisotopic (exact) mass is 384 g/mol. The van der Waals surface area contributed by atoms with Crippen LogP contribution in [0, 0.1) is 0 Å². The molecule has 0 heterocycles. The summed E-state index contributed by atoms with van der Waals surface area (Å²) < 4.78 is 33.4. The van der Waals surface area contributed by atoms with Crippen LogP contribution in [0.25, 0.3) is 10.8 Å². The van der Waals surface area contributed by atoms with Gasteiger partial charge >= 0.3 is 5.97 Å². The van der Waals surface area contributed by atoms with Gasteiger partial charge in [0, 0.05) is 6.26 Å². The summed E-state index contributed by atoms with van der Waals surface area (Å²) in [6, 6.07) is 18.1. The van der Waals surface area contributed by atoms with Gasteiger partial charge in [-0.1, -0.05) is 30.3 Å². The second-order valence-corrected chi connectivity index (χ2v) is 8.53. The first-order valence-corrected chi connectivity index (χ1v) is 10.4. The maximum atomic E-state index is 12.3. The Hall–Kier alpha value is -2.86. The van der Waals surface area contributed by atoms with Gasteiger partial charge in [-0.2, -0.15) is 0 Å². The second-order valence-electron chi connectivity index (χ2n) is 6.39. The molecule has 0 N–H and O–H groups in total. The maximum absolute atomic E-state index is 12.3. The fourth-order valence-electron chi connectivity index (χ4n) is 2.81. The number of hydrogen-bond donors (Lipinski definition) is 0. The van der Waals surface area contributed by atoms with Gasteiger partial charge in [-0.3, -0.25) is 0 Å². The van der Waals surface area contributed by atoms with Crippen LogP contribution in [0.15, 0.2) is 60.7 Å². The van der Waals surface area contributed by atoms with Crippen molar-refractivity contribution < 1.29 is 22.7 Å². The number of ether oxygens (including phenoxy) is 2. The molecule has 0 bridgehead atoms. The van der Waals surface area contributed by atoms with Crippen LogP contribution >= 0.6 is 0 Å². The van der Waals surface area contributed by atoms with E-state index in [0.29, 0.717) is 11.1 Å². The van der Waals surface area contributed by atoms with Crippen molar-refractivity contribution in [3.8, 4) is 5.75 Å². The van der Waals surface area contributed by atoms with Crippen LogP contribution in [0.2, 0.25) is 0 Å². The van der Waals surface area contributed by atoms with Crippen molar-refractivity contribution >= 4 is 26.6 Å². The van der Waals surface area contributed by atoms with Crippen molar-refractivity contribution in [1.29, 1.82) is 0 Å². The fourth-order valence-corrected chi connectivity index (χ4v) is 3.60. The van der Waals surface area contributed by atoms with E-state index in [-0.39, 0.29) is 12.4 Å². The van der Waals surface area contributed by atoms with Crippen molar-refractivity contribution in [2.24, 2.45) is 0 Å². The van der Waals surface area contributed by atoms with E-state index in [0.717, 1.165) is 28.3 Å². The number of sulfone groups is 1. The van der Waals surface area contributed by atoms with Crippen LogP contribution < -0.4 is 4.74 Å². The lowest BCUT2D eigenvalue weighted by atomic mass is 10.1. The summed E-state index contributed by atoms with van der Waals surface area (Å²) in [6.45, 7) is 0.136. The highest BCUT2D eigenvalue weighted by Gasteiger charge is 2.11. The lowest BCUT2D eigenvalue weighted by Crippen LogP contribution is -2.07. The molecular weight excluding hydrogens is 364 g/mol. The topological polar surface area (TPSA) is 69.7 Å². The number of carbonyl (C=O) groups is 1. The molecule has 0 fully saturated rings. The molecule has 0 radical (unpaired) electrons. The smallest absolute Gasteiger partial charge is 0.338 e. The molecule has 27 heavy (non-hydrogen) atoms. The van der Waals surface area contributed by atoms with Gasteiger partial charge in [-0.05, 0) is 52.2 Å². The summed E-state index contributed by atoms with van der Waals surface area (Å²) in [5, 5.41) is 2.07. The number of carbonyl (C=O) groups excluding carboxylic acids is 1. The minimum Gasteiger partial charge on any atom is -0.497 e. The molecule has 6 heteroatoms. The van der Waals surface area contributed by atoms with Gasteiger partial charge < -0.3 is 9.47 Å². The summed E-state index contributed by atoms with van der Waals surface area (Å²) in [5.74, 6) is 0.193. The van der Waals surface area contributed by atoms with Crippen molar-refractivity contribution in [3.05, 3.63) is 77.4 Å². The molecule has 0 aliphatic carbocycles. The molecule has 0 spiro atoms. The van der Waals surface area contributed by atoms with Gasteiger partial charge in [0.05, 0.1) is 18.4 Å². The van der Waals surface area contributed by atoms with E-state index < -0.39 is 15.8 Å². The Morgan fingerprint density at radius 3 is 2.41 bits per heavy atom. The highest BCUT2D eigenvalue weighted by Crippen LogP contribution is 2.22. The van der Waals surface area contributed by atoms with Gasteiger partial charge in [0.15, 0.2) is 9.84 Å². The molecule has 0 saturated carbocycles. The third kappa shape index (κ3) is 5.08. The van der Waals surface area contributed by atoms with Gasteiger partial charge in [-0.15, -0.1) is 0 Å². The van der Waals surface area contributed by atoms with Crippen molar-refractivity contribution in [2.75, 3.05) is 13.4 Å². The predicted octanol–water partition coefficient (Wildman–Crippen LogP) is 3.75. The van der Waals surface area contributed by atoms with Crippen LogP contribution in [0.4, 0.5) is 0 Å². The number of hydrogen-bond acceptors (Lipinski definition) is 5. The summed E-state index contributed by atoms with van der Waals surface area (Å²) in [4.78, 5) is 12.3. The van der Waals surface area contributed by atoms with Crippen LogP contribution in [0.1, 0.15) is 21.5 Å². The fraction of sp³-hybridized carbons (Fsp3) is 0.190. The van der Waals surface area contributed by atoms with E-state index in [1.54, 1.807) is 31.4 Å². The first kappa shape index (κ1) is 18.9. The average Bonchev–Trinajstić information content (AvgIpc) is 2.64. The average molecular weight is 384 g/mol. The molecule has 0 amide bonds. The normalized spacial score (nSPS) is 11.3. The van der Waals surface area contributed by atoms with Crippen LogP contribution in [0.5, 0.6) is 5.75 Å². The third-order valence-electron chi connectivity index (χ3n) is 4.07. The Morgan fingerprint density at radius 2 is 1.67 bits per heavy atom. The SMILES string of the molecule is COc1ccc2cc(COC(=O)c3cccc(CS(C)(=O)=O)c3)ccc2c1. The van der Waals surface area contributed by atoms with E-state index in [9.17, 15) is 13.2 Å². The zero-order chi connectivity index (χ0) is 19.4. The number of fused-ring (bicyclic) bond motifs is 1. The van der Waals surface area contributed by atoms with E-state index in [2.05, 4.69) is 0 Å². The van der Waals surface area contributed by atoms with Gasteiger partial charge in [0.1, 0.15) is 12.4 Å². The van der Waals surface area contributed by atoms with Gasteiger partial charge in [-0.25, -0.2) is 13.2 Å². The molecule has 140 valence electrons. The highest BCUT2D eigenvalue weighted by atomic mass is 32.2. The number of esters is 1. The van der Waals surface area contributed by atoms with E-state index >= 15 is 0 Å². The molecular formula is C21H20O5S. The molecule has 3 rings (SSSR count). The zero-order valence-electron chi connectivity index (χ0n) is 15.1. The summed E-state index contributed by atoms with van der Waals surface area (Å²) >= 11 is 0. The molecule has 0 aliphatic rings. The van der Waals surface area contributed by atoms with Crippen molar-refractivity contribution in [1.82, 2.24) is 0 Å². The zero-order valence-corrected chi connectivity index (χ0v) is 16.0. The first-order chi connectivity index (χ1) is 12.8. The lowest BCUT2D eigenvalue weighted by Gasteiger charge is -2.08. The summed E-state index contributed by atoms with van der Waals surface area (Å²) in [6.07, 6.45) is 1.16. The van der Waals surface area contributed by atoms with Gasteiger partial charge in [0.25, 0.3) is 0 Å². The Morgan fingerprint density at radius 1 is 0.926 bits per heavy atom. The molecule has 0 aliphatic heterocycles. The van der Waals surface area contributed by atoms with Crippen LogP contribution in [0.3, 0.4) is 0 Å². The first-order valence-electron chi connectivity index (χ1n) is 8.34. The second kappa shape index (κ2) is 7.80. The quantitative estimate of drug-likeness (QED) is 0.606. The van der Waals surface area contributed by atoms with E-state index in [4.69, 9.17) is 9.47 Å². The minimum absolute atomic E-state index is 0.109. The summed E-state index contributed by atoms with van der Waals surface area (Å²) in [5.41, 5.74) is 1.77. The number of benzene rings is 3. The van der Waals surface area contributed by atoms with Crippen LogP contribution in [-0.2, 0) is 26.9 Å². The van der Waals surface area contributed by atoms with E-state index in [1.165, 1.54) is 0 Å². The Balaban J connectivity index is 1.70. The largest absolute Gasteiger partial charge is 0.497 e. The standard InChI is InChI=1S/C21H20O5S/c1-25-20-9-8-17-10-15(6-7-18(17)12-20)13-26-21(22)19-5-3-4-16(11-19)14-27(2,23)24/h3-12H,13-14H2,1-2H3. The Labute approximate surface area is 158 Å². The lowest BCUT2D eigenvalue weighted by molar-refractivity contribution is 0.0472. The Bertz CT molecular complexity index is 1090. The van der Waals surface area contributed by atoms with Crippen LogP contribution in [-0.4, -0.2) is 27.8 Å². The number of methoxy groups -OCH3 is 1. The molecule has 0 atom stereocenters. The van der Waals surface area contributed by atoms with Crippen molar-refractivity contribution in [3.63, 3.8) is 0 Å². The van der Waals surface area contributed by atoms with Gasteiger partial charge in [0.2, 0.25) is 0 Å². The molecule has 0 unspecified atom stereocenters. The number of rotatable bonds is 6. The Kier molecular flexibility index (Phi) is 5.46. The highest BCUT2D eigenvalue weighted by molar-refractivity contribution is 7.89. The molecule has 0 aromatic heterocycles. The molecule has 3 aromatic carbocycles. The maximum Gasteiger partial charge on any atom is 0.338 e. The van der Waals surface area contributed by atoms with E-state index in [1.807, 2.05) is 36.4 Å². The van der Waals surface area contributed by atoms with Crippen molar-refractivity contribution in [2.45, 2.75) is 12.4 Å². The third-order valence-corrected chi connectivity index (χ3v) is 4.93.